The van der Waals surface area contributed by atoms with E-state index < -0.39 is 0 Å². The van der Waals surface area contributed by atoms with Gasteiger partial charge in [0.1, 0.15) is 5.76 Å². The lowest BCUT2D eigenvalue weighted by Gasteiger charge is -2.20. The quantitative estimate of drug-likeness (QED) is 0.701. The Morgan fingerprint density at radius 1 is 1.62 bits per heavy atom. The van der Waals surface area contributed by atoms with Gasteiger partial charge in [-0.3, -0.25) is 0 Å². The number of oxazole rings is 1. The molecule has 1 atom stereocenters. The predicted octanol–water partition coefficient (Wildman–Crippen LogP) is 2.13. The third-order valence-electron chi connectivity index (χ3n) is 2.54. The van der Waals surface area contributed by atoms with Crippen molar-refractivity contribution >= 4 is 0 Å². The number of nitrogens with zero attached hydrogens (tertiary/aromatic N) is 1. The highest BCUT2D eigenvalue weighted by Gasteiger charge is 2.21. The monoisotopic (exact) mass is 181 g/mol. The van der Waals surface area contributed by atoms with Gasteiger partial charge in [0.15, 0.2) is 6.39 Å². The maximum absolute atomic E-state index is 5.42. The molecule has 0 radical (unpaired) electrons. The molecule has 3 nitrogen and oxygen atoms in total. The zero-order valence-corrected chi connectivity index (χ0v) is 7.95. The van der Waals surface area contributed by atoms with E-state index in [1.54, 1.807) is 6.39 Å². The molecule has 1 aromatic rings. The Balaban J connectivity index is 2.13. The second-order valence-electron chi connectivity index (χ2n) is 3.43. The summed E-state index contributed by atoms with van der Waals surface area (Å²) in [4.78, 5) is 4.19. The Kier molecular flexibility index (Phi) is 2.64. The molecule has 0 saturated carbocycles. The number of aromatic nitrogens is 1. The van der Waals surface area contributed by atoms with Gasteiger partial charge in [0.05, 0.1) is 12.3 Å². The first-order valence-corrected chi connectivity index (χ1v) is 4.91. The van der Waals surface area contributed by atoms with Gasteiger partial charge in [-0.05, 0) is 19.3 Å². The van der Waals surface area contributed by atoms with Crippen LogP contribution in [0.25, 0.3) is 0 Å². The summed E-state index contributed by atoms with van der Waals surface area (Å²) in [5, 5.41) is 0. The average Bonchev–Trinajstić information content (AvgIpc) is 2.67. The Labute approximate surface area is 78.1 Å². The van der Waals surface area contributed by atoms with E-state index in [2.05, 4.69) is 11.9 Å². The maximum Gasteiger partial charge on any atom is 0.181 e. The molecule has 2 heterocycles. The highest BCUT2D eigenvalue weighted by Crippen LogP contribution is 2.27. The number of rotatable bonds is 2. The van der Waals surface area contributed by atoms with Gasteiger partial charge < -0.3 is 9.15 Å². The molecule has 0 amide bonds. The van der Waals surface area contributed by atoms with Crippen LogP contribution in [0.5, 0.6) is 0 Å². The third kappa shape index (κ3) is 1.75. The second-order valence-corrected chi connectivity index (χ2v) is 3.43. The molecular weight excluding hydrogens is 166 g/mol. The van der Waals surface area contributed by atoms with Crippen LogP contribution < -0.4 is 0 Å². The summed E-state index contributed by atoms with van der Waals surface area (Å²) in [7, 11) is 0. The highest BCUT2D eigenvalue weighted by atomic mass is 16.5. The summed E-state index contributed by atoms with van der Waals surface area (Å²) >= 11 is 0. The molecule has 1 saturated heterocycles. The Bertz CT molecular complexity index is 264. The summed E-state index contributed by atoms with van der Waals surface area (Å²) in [5.74, 6) is 1.48. The van der Waals surface area contributed by atoms with E-state index in [0.717, 1.165) is 37.5 Å². The minimum Gasteiger partial charge on any atom is -0.448 e. The third-order valence-corrected chi connectivity index (χ3v) is 2.54. The van der Waals surface area contributed by atoms with E-state index in [-0.39, 0.29) is 0 Å². The van der Waals surface area contributed by atoms with E-state index in [1.165, 1.54) is 6.42 Å². The zero-order valence-electron chi connectivity index (χ0n) is 7.95. The topological polar surface area (TPSA) is 35.3 Å². The first kappa shape index (κ1) is 8.75. The minimum atomic E-state index is 0.436. The molecule has 1 aliphatic rings. The Morgan fingerprint density at radius 2 is 2.54 bits per heavy atom. The van der Waals surface area contributed by atoms with Gasteiger partial charge in [-0.15, -0.1) is 0 Å². The fraction of sp³-hybridized carbons (Fsp3) is 0.700. The smallest absolute Gasteiger partial charge is 0.181 e. The van der Waals surface area contributed by atoms with Crippen LogP contribution in [0.2, 0.25) is 0 Å². The molecule has 0 aliphatic carbocycles. The summed E-state index contributed by atoms with van der Waals surface area (Å²) in [6.45, 7) is 3.79. The van der Waals surface area contributed by atoms with Crippen LogP contribution in [-0.2, 0) is 11.2 Å². The summed E-state index contributed by atoms with van der Waals surface area (Å²) in [5.41, 5.74) is 1.09. The lowest BCUT2D eigenvalue weighted by atomic mass is 9.97. The van der Waals surface area contributed by atoms with Crippen molar-refractivity contribution < 1.29 is 9.15 Å². The fourth-order valence-corrected chi connectivity index (χ4v) is 1.82. The van der Waals surface area contributed by atoms with Crippen LogP contribution in [0.15, 0.2) is 10.8 Å². The lowest BCUT2D eigenvalue weighted by molar-refractivity contribution is 0.0738. The van der Waals surface area contributed by atoms with Crippen molar-refractivity contribution in [2.75, 3.05) is 13.2 Å². The minimum absolute atomic E-state index is 0.436. The van der Waals surface area contributed by atoms with Gasteiger partial charge >= 0.3 is 0 Å². The van der Waals surface area contributed by atoms with E-state index >= 15 is 0 Å². The summed E-state index contributed by atoms with van der Waals surface area (Å²) < 4.78 is 10.8. The van der Waals surface area contributed by atoms with Crippen molar-refractivity contribution in [2.24, 2.45) is 0 Å². The van der Waals surface area contributed by atoms with Crippen LogP contribution >= 0.6 is 0 Å². The van der Waals surface area contributed by atoms with Gasteiger partial charge in [0.2, 0.25) is 0 Å². The van der Waals surface area contributed by atoms with E-state index in [9.17, 15) is 0 Å². The van der Waals surface area contributed by atoms with Gasteiger partial charge in [-0.1, -0.05) is 6.92 Å². The molecule has 3 heteroatoms. The number of ether oxygens (including phenoxy) is 1. The first-order valence-electron chi connectivity index (χ1n) is 4.91. The first-order chi connectivity index (χ1) is 6.42. The normalized spacial score (nSPS) is 23.3. The largest absolute Gasteiger partial charge is 0.448 e. The summed E-state index contributed by atoms with van der Waals surface area (Å²) in [6, 6.07) is 0. The van der Waals surface area contributed by atoms with Crippen molar-refractivity contribution in [3.05, 3.63) is 17.8 Å². The molecule has 0 aromatic carbocycles. The van der Waals surface area contributed by atoms with Gasteiger partial charge in [-0.2, -0.15) is 0 Å². The standard InChI is InChI=1S/C10H15NO2/c1-2-9-10(13-7-11-9)8-4-3-5-12-6-8/h7-8H,2-6H2,1H3. The zero-order chi connectivity index (χ0) is 9.10. The Morgan fingerprint density at radius 3 is 3.23 bits per heavy atom. The predicted molar refractivity (Wildman–Crippen MR) is 48.7 cm³/mol. The fourth-order valence-electron chi connectivity index (χ4n) is 1.82. The van der Waals surface area contributed by atoms with Gasteiger partial charge in [-0.25, -0.2) is 4.98 Å². The Hall–Kier alpha value is -0.830. The molecule has 0 bridgehead atoms. The molecule has 1 aromatic heterocycles. The van der Waals surface area contributed by atoms with Crippen LogP contribution in [0.1, 0.15) is 37.1 Å². The van der Waals surface area contributed by atoms with E-state index in [1.807, 2.05) is 0 Å². The van der Waals surface area contributed by atoms with Crippen molar-refractivity contribution in [3.63, 3.8) is 0 Å². The van der Waals surface area contributed by atoms with Crippen molar-refractivity contribution in [3.8, 4) is 0 Å². The second kappa shape index (κ2) is 3.92. The van der Waals surface area contributed by atoms with Gasteiger partial charge in [0, 0.05) is 12.5 Å². The molecule has 13 heavy (non-hydrogen) atoms. The molecule has 0 N–H and O–H groups in total. The highest BCUT2D eigenvalue weighted by molar-refractivity contribution is 5.13. The number of hydrogen-bond donors (Lipinski definition) is 0. The maximum atomic E-state index is 5.42. The number of hydrogen-bond acceptors (Lipinski definition) is 3. The molecule has 0 spiro atoms. The van der Waals surface area contributed by atoms with Crippen LogP contribution in [0, 0.1) is 0 Å². The molecule has 1 unspecified atom stereocenters. The number of aryl methyl sites for hydroxylation is 1. The van der Waals surface area contributed by atoms with Crippen LogP contribution in [-0.4, -0.2) is 18.2 Å². The molecule has 72 valence electrons. The average molecular weight is 181 g/mol. The van der Waals surface area contributed by atoms with Gasteiger partial charge in [0.25, 0.3) is 0 Å². The lowest BCUT2D eigenvalue weighted by Crippen LogP contribution is -2.16. The van der Waals surface area contributed by atoms with Crippen LogP contribution in [0.3, 0.4) is 0 Å². The van der Waals surface area contributed by atoms with Crippen molar-refractivity contribution in [1.82, 2.24) is 4.98 Å². The molecule has 1 aliphatic heterocycles. The van der Waals surface area contributed by atoms with Crippen molar-refractivity contribution in [1.29, 1.82) is 0 Å². The molecular formula is C10H15NO2. The van der Waals surface area contributed by atoms with Crippen LogP contribution in [0.4, 0.5) is 0 Å². The van der Waals surface area contributed by atoms with E-state index in [0.29, 0.717) is 5.92 Å². The SMILES string of the molecule is CCc1ncoc1C1CCCOC1. The summed E-state index contributed by atoms with van der Waals surface area (Å²) in [6.07, 6.45) is 4.79. The van der Waals surface area contributed by atoms with E-state index in [4.69, 9.17) is 9.15 Å². The molecule has 1 fully saturated rings. The molecule has 2 rings (SSSR count). The van der Waals surface area contributed by atoms with Crippen molar-refractivity contribution in [2.45, 2.75) is 32.1 Å².